The Morgan fingerprint density at radius 3 is 2.39 bits per heavy atom. The molecule has 5 heteroatoms. The first kappa shape index (κ1) is 21.6. The number of carbonyl (C=O) groups excluding carboxylic acids is 2. The van der Waals surface area contributed by atoms with E-state index in [0.717, 1.165) is 19.4 Å². The van der Waals surface area contributed by atoms with Crippen LogP contribution in [0.1, 0.15) is 42.9 Å². The van der Waals surface area contributed by atoms with E-state index >= 15 is 0 Å². The Hall–Kier alpha value is -2.66. The van der Waals surface area contributed by atoms with Crippen molar-refractivity contribution in [2.24, 2.45) is 0 Å². The highest BCUT2D eigenvalue weighted by Gasteiger charge is 2.21. The van der Waals surface area contributed by atoms with Gasteiger partial charge in [-0.15, -0.1) is 0 Å². The molecule has 2 aliphatic rings. The zero-order chi connectivity index (χ0) is 21.6. The lowest BCUT2D eigenvalue weighted by molar-refractivity contribution is -0.150. The fourth-order valence-electron chi connectivity index (χ4n) is 4.53. The van der Waals surface area contributed by atoms with Crippen molar-refractivity contribution in [2.45, 2.75) is 45.6 Å². The van der Waals surface area contributed by atoms with Crippen LogP contribution in [0.25, 0.3) is 11.1 Å². The molecule has 5 nitrogen and oxygen atoms in total. The summed E-state index contributed by atoms with van der Waals surface area (Å²) in [6.07, 6.45) is 6.00. The molecular weight excluding hydrogens is 388 g/mol. The fourth-order valence-corrected chi connectivity index (χ4v) is 4.53. The van der Waals surface area contributed by atoms with Crippen LogP contribution in [-0.4, -0.2) is 54.5 Å². The molecule has 0 aliphatic carbocycles. The second-order valence-electron chi connectivity index (χ2n) is 8.68. The van der Waals surface area contributed by atoms with Crippen molar-refractivity contribution in [2.75, 3.05) is 32.8 Å². The SMILES string of the molecule is CC(=O)OCC(=O)N1CCc2cc(-c3ccc(CCN4CCCCC4)cc3)ccc2C1. The summed E-state index contributed by atoms with van der Waals surface area (Å²) >= 11 is 0. The lowest BCUT2D eigenvalue weighted by Crippen LogP contribution is -2.38. The molecule has 0 bridgehead atoms. The van der Waals surface area contributed by atoms with Gasteiger partial charge in [0.2, 0.25) is 0 Å². The maximum atomic E-state index is 12.2. The highest BCUT2D eigenvalue weighted by atomic mass is 16.5. The van der Waals surface area contributed by atoms with Crippen LogP contribution in [-0.2, 0) is 33.7 Å². The van der Waals surface area contributed by atoms with Crippen molar-refractivity contribution in [3.8, 4) is 11.1 Å². The summed E-state index contributed by atoms with van der Waals surface area (Å²) in [5.74, 6) is -0.557. The number of nitrogens with zero attached hydrogens (tertiary/aromatic N) is 2. The summed E-state index contributed by atoms with van der Waals surface area (Å²) in [5, 5.41) is 0. The van der Waals surface area contributed by atoms with E-state index in [1.807, 2.05) is 0 Å². The quantitative estimate of drug-likeness (QED) is 0.667. The summed E-state index contributed by atoms with van der Waals surface area (Å²) < 4.78 is 4.85. The van der Waals surface area contributed by atoms with E-state index < -0.39 is 5.97 Å². The number of fused-ring (bicyclic) bond motifs is 1. The average molecular weight is 421 g/mol. The van der Waals surface area contributed by atoms with Gasteiger partial charge >= 0.3 is 5.97 Å². The van der Waals surface area contributed by atoms with Gasteiger partial charge in [-0.2, -0.15) is 0 Å². The third-order valence-corrected chi connectivity index (χ3v) is 6.42. The molecule has 0 aromatic heterocycles. The minimum absolute atomic E-state index is 0.134. The number of benzene rings is 2. The van der Waals surface area contributed by atoms with Crippen LogP contribution in [0.4, 0.5) is 0 Å². The maximum absolute atomic E-state index is 12.2. The Kier molecular flexibility index (Phi) is 7.03. The van der Waals surface area contributed by atoms with Gasteiger partial charge in [0, 0.05) is 26.6 Å². The van der Waals surface area contributed by atoms with E-state index in [1.54, 1.807) is 4.90 Å². The third kappa shape index (κ3) is 5.73. The molecule has 4 rings (SSSR count). The number of carbonyl (C=O) groups is 2. The van der Waals surface area contributed by atoms with Crippen molar-refractivity contribution >= 4 is 11.9 Å². The minimum Gasteiger partial charge on any atom is -0.456 e. The molecule has 0 radical (unpaired) electrons. The smallest absolute Gasteiger partial charge is 0.303 e. The molecule has 31 heavy (non-hydrogen) atoms. The van der Waals surface area contributed by atoms with E-state index in [-0.39, 0.29) is 12.5 Å². The number of hydrogen-bond donors (Lipinski definition) is 0. The topological polar surface area (TPSA) is 49.9 Å². The number of amides is 1. The first-order chi connectivity index (χ1) is 15.1. The molecule has 164 valence electrons. The first-order valence-corrected chi connectivity index (χ1v) is 11.4. The molecule has 1 fully saturated rings. The van der Waals surface area contributed by atoms with Crippen LogP contribution in [0.3, 0.4) is 0 Å². The Labute approximate surface area is 185 Å². The van der Waals surface area contributed by atoms with Crippen LogP contribution in [0.15, 0.2) is 42.5 Å². The highest BCUT2D eigenvalue weighted by Crippen LogP contribution is 2.27. The van der Waals surface area contributed by atoms with Crippen molar-refractivity contribution in [3.63, 3.8) is 0 Å². The molecule has 0 saturated carbocycles. The zero-order valence-corrected chi connectivity index (χ0v) is 18.4. The summed E-state index contributed by atoms with van der Waals surface area (Å²) in [6, 6.07) is 15.5. The summed E-state index contributed by atoms with van der Waals surface area (Å²) in [4.78, 5) is 27.5. The van der Waals surface area contributed by atoms with Crippen LogP contribution < -0.4 is 0 Å². The average Bonchev–Trinajstić information content (AvgIpc) is 2.81. The molecule has 2 aromatic rings. The van der Waals surface area contributed by atoms with Gasteiger partial charge in [0.25, 0.3) is 5.91 Å². The van der Waals surface area contributed by atoms with Gasteiger partial charge in [-0.05, 0) is 66.6 Å². The lowest BCUT2D eigenvalue weighted by atomic mass is 9.94. The minimum atomic E-state index is -0.423. The standard InChI is InChI=1S/C26H32N2O3/c1-20(29)31-19-26(30)28-16-12-24-17-23(9-10-25(24)18-28)22-7-5-21(6-8-22)11-15-27-13-3-2-4-14-27/h5-10,17H,2-4,11-16,18-19H2,1H3. The lowest BCUT2D eigenvalue weighted by Gasteiger charge is -2.29. The Morgan fingerprint density at radius 2 is 1.65 bits per heavy atom. The predicted molar refractivity (Wildman–Crippen MR) is 122 cm³/mol. The number of piperidine rings is 1. The molecule has 0 unspecified atom stereocenters. The van der Waals surface area contributed by atoms with Crippen molar-refractivity contribution in [3.05, 3.63) is 59.2 Å². The second kappa shape index (κ2) is 10.1. The molecule has 0 N–H and O–H groups in total. The molecule has 0 atom stereocenters. The Morgan fingerprint density at radius 1 is 0.903 bits per heavy atom. The second-order valence-corrected chi connectivity index (χ2v) is 8.68. The largest absolute Gasteiger partial charge is 0.456 e. The molecule has 1 amide bonds. The molecule has 2 heterocycles. The van der Waals surface area contributed by atoms with Crippen molar-refractivity contribution in [1.82, 2.24) is 9.80 Å². The number of rotatable bonds is 6. The van der Waals surface area contributed by atoms with E-state index in [4.69, 9.17) is 4.74 Å². The van der Waals surface area contributed by atoms with Gasteiger partial charge in [-0.1, -0.05) is 48.9 Å². The van der Waals surface area contributed by atoms with Crippen LogP contribution in [0.5, 0.6) is 0 Å². The van der Waals surface area contributed by atoms with Crippen molar-refractivity contribution < 1.29 is 14.3 Å². The molecule has 0 spiro atoms. The first-order valence-electron chi connectivity index (χ1n) is 11.4. The molecular formula is C26H32N2O3. The van der Waals surface area contributed by atoms with Crippen molar-refractivity contribution in [1.29, 1.82) is 0 Å². The van der Waals surface area contributed by atoms with Gasteiger partial charge in [-0.3, -0.25) is 9.59 Å². The number of esters is 1. The zero-order valence-electron chi connectivity index (χ0n) is 18.4. The highest BCUT2D eigenvalue weighted by molar-refractivity contribution is 5.80. The van der Waals surface area contributed by atoms with Gasteiger partial charge in [-0.25, -0.2) is 0 Å². The predicted octanol–water partition coefficient (Wildman–Crippen LogP) is 3.83. The van der Waals surface area contributed by atoms with Gasteiger partial charge in [0.05, 0.1) is 0 Å². The van der Waals surface area contributed by atoms with Gasteiger partial charge < -0.3 is 14.5 Å². The van der Waals surface area contributed by atoms with Crippen LogP contribution >= 0.6 is 0 Å². The number of ether oxygens (including phenoxy) is 1. The Balaban J connectivity index is 1.35. The number of hydrogen-bond acceptors (Lipinski definition) is 4. The third-order valence-electron chi connectivity index (χ3n) is 6.42. The monoisotopic (exact) mass is 420 g/mol. The summed E-state index contributed by atoms with van der Waals surface area (Å²) in [7, 11) is 0. The number of likely N-dealkylation sites (tertiary alicyclic amines) is 1. The normalized spacial score (nSPS) is 16.6. The van der Waals surface area contributed by atoms with Crippen LogP contribution in [0.2, 0.25) is 0 Å². The summed E-state index contributed by atoms with van der Waals surface area (Å²) in [5.41, 5.74) is 6.32. The van der Waals surface area contributed by atoms with Gasteiger partial charge in [0.1, 0.15) is 0 Å². The Bertz CT molecular complexity index is 917. The molecule has 2 aromatic carbocycles. The van der Waals surface area contributed by atoms with Crippen LogP contribution in [0, 0.1) is 0 Å². The molecule has 1 saturated heterocycles. The van der Waals surface area contributed by atoms with E-state index in [0.29, 0.717) is 13.1 Å². The van der Waals surface area contributed by atoms with E-state index in [1.165, 1.54) is 67.1 Å². The van der Waals surface area contributed by atoms with E-state index in [2.05, 4.69) is 47.4 Å². The summed E-state index contributed by atoms with van der Waals surface area (Å²) in [6.45, 7) is 6.04. The van der Waals surface area contributed by atoms with Gasteiger partial charge in [0.15, 0.2) is 6.61 Å². The fraction of sp³-hybridized carbons (Fsp3) is 0.462. The molecule has 2 aliphatic heterocycles. The maximum Gasteiger partial charge on any atom is 0.303 e. The van der Waals surface area contributed by atoms with E-state index in [9.17, 15) is 9.59 Å².